The van der Waals surface area contributed by atoms with Gasteiger partial charge in [-0.05, 0) is 36.8 Å². The molecule has 1 aliphatic heterocycles. The highest BCUT2D eigenvalue weighted by atomic mass is 35.5. The predicted octanol–water partition coefficient (Wildman–Crippen LogP) is 3.67. The van der Waals surface area contributed by atoms with Crippen LogP contribution in [-0.2, 0) is 19.5 Å². The Hall–Kier alpha value is -2.83. The Bertz CT molecular complexity index is 1080. The monoisotopic (exact) mass is 411 g/mol. The molecule has 3 aromatic rings. The molecule has 7 heteroatoms. The van der Waals surface area contributed by atoms with Crippen molar-refractivity contribution < 1.29 is 9.47 Å². The lowest BCUT2D eigenvalue weighted by molar-refractivity contribution is 0.237. The maximum atomic E-state index is 12.6. The van der Waals surface area contributed by atoms with E-state index in [1.165, 1.54) is 0 Å². The van der Waals surface area contributed by atoms with E-state index >= 15 is 0 Å². The molecule has 1 N–H and O–H groups in total. The van der Waals surface area contributed by atoms with Crippen molar-refractivity contribution in [2.75, 3.05) is 20.8 Å². The summed E-state index contributed by atoms with van der Waals surface area (Å²) in [5, 5.41) is 0.647. The van der Waals surface area contributed by atoms with Crippen LogP contribution in [0.4, 0.5) is 0 Å². The van der Waals surface area contributed by atoms with Crippen LogP contribution in [0.5, 0.6) is 11.5 Å². The number of nitrogens with zero attached hydrogens (tertiary/aromatic N) is 2. The van der Waals surface area contributed by atoms with Gasteiger partial charge >= 0.3 is 0 Å². The smallest absolute Gasteiger partial charge is 0.254 e. The number of ether oxygens (including phenoxy) is 2. The zero-order valence-electron chi connectivity index (χ0n) is 16.4. The van der Waals surface area contributed by atoms with Crippen molar-refractivity contribution in [3.05, 3.63) is 74.7 Å². The van der Waals surface area contributed by atoms with Crippen molar-refractivity contribution in [1.82, 2.24) is 14.9 Å². The third-order valence-corrected chi connectivity index (χ3v) is 5.41. The van der Waals surface area contributed by atoms with Gasteiger partial charge in [-0.15, -0.1) is 0 Å². The van der Waals surface area contributed by atoms with Crippen molar-refractivity contribution >= 4 is 11.6 Å². The number of aromatic nitrogens is 2. The van der Waals surface area contributed by atoms with E-state index in [-0.39, 0.29) is 5.56 Å². The molecule has 0 aliphatic carbocycles. The first-order chi connectivity index (χ1) is 14.1. The highest BCUT2D eigenvalue weighted by molar-refractivity contribution is 6.30. The third-order valence-electron chi connectivity index (χ3n) is 5.16. The predicted molar refractivity (Wildman–Crippen MR) is 113 cm³/mol. The zero-order chi connectivity index (χ0) is 20.4. The number of aromatic amines is 1. The van der Waals surface area contributed by atoms with Crippen molar-refractivity contribution in [3.8, 4) is 22.9 Å². The maximum Gasteiger partial charge on any atom is 0.254 e. The SMILES string of the molecule is COc1ccc(CN2CCc3c(nc(-c4ccc(Cl)cc4)[nH]c3=O)C2)c(OC)c1. The minimum atomic E-state index is -0.0679. The minimum Gasteiger partial charge on any atom is -0.497 e. The molecule has 0 fully saturated rings. The van der Waals surface area contributed by atoms with Crippen molar-refractivity contribution in [2.24, 2.45) is 0 Å². The van der Waals surface area contributed by atoms with Crippen molar-refractivity contribution in [2.45, 2.75) is 19.5 Å². The number of hydrogen-bond acceptors (Lipinski definition) is 5. The third kappa shape index (κ3) is 4.13. The molecule has 0 spiro atoms. The number of benzene rings is 2. The quantitative estimate of drug-likeness (QED) is 0.693. The number of rotatable bonds is 5. The molecule has 1 aliphatic rings. The molecular weight excluding hydrogens is 390 g/mol. The Morgan fingerprint density at radius 2 is 1.93 bits per heavy atom. The van der Waals surface area contributed by atoms with Crippen LogP contribution < -0.4 is 15.0 Å². The summed E-state index contributed by atoms with van der Waals surface area (Å²) < 4.78 is 10.8. The van der Waals surface area contributed by atoms with Gasteiger partial charge in [-0.1, -0.05) is 17.7 Å². The van der Waals surface area contributed by atoms with Gasteiger partial charge in [-0.3, -0.25) is 9.69 Å². The van der Waals surface area contributed by atoms with E-state index in [9.17, 15) is 4.79 Å². The first-order valence-corrected chi connectivity index (χ1v) is 9.76. The molecule has 2 aromatic carbocycles. The van der Waals surface area contributed by atoms with Crippen LogP contribution in [0.1, 0.15) is 16.8 Å². The number of halogens is 1. The van der Waals surface area contributed by atoms with Crippen LogP contribution in [-0.4, -0.2) is 35.6 Å². The van der Waals surface area contributed by atoms with E-state index in [1.54, 1.807) is 26.4 Å². The van der Waals surface area contributed by atoms with Gasteiger partial charge in [0, 0.05) is 47.4 Å². The molecular formula is C22H22ClN3O3. The number of hydrogen-bond donors (Lipinski definition) is 1. The van der Waals surface area contributed by atoms with Gasteiger partial charge in [-0.2, -0.15) is 0 Å². The van der Waals surface area contributed by atoms with E-state index in [1.807, 2.05) is 30.3 Å². The summed E-state index contributed by atoms with van der Waals surface area (Å²) in [7, 11) is 3.29. The summed E-state index contributed by atoms with van der Waals surface area (Å²) in [5.41, 5.74) is 3.42. The molecule has 2 heterocycles. The average Bonchev–Trinajstić information content (AvgIpc) is 2.74. The van der Waals surface area contributed by atoms with Crippen molar-refractivity contribution in [3.63, 3.8) is 0 Å². The fourth-order valence-corrected chi connectivity index (χ4v) is 3.72. The fourth-order valence-electron chi connectivity index (χ4n) is 3.60. The first-order valence-electron chi connectivity index (χ1n) is 9.38. The lowest BCUT2D eigenvalue weighted by Crippen LogP contribution is -2.35. The highest BCUT2D eigenvalue weighted by Crippen LogP contribution is 2.27. The van der Waals surface area contributed by atoms with Gasteiger partial charge in [0.2, 0.25) is 0 Å². The lowest BCUT2D eigenvalue weighted by atomic mass is 10.0. The van der Waals surface area contributed by atoms with Gasteiger partial charge in [0.05, 0.1) is 19.9 Å². The maximum absolute atomic E-state index is 12.6. The Morgan fingerprint density at radius 3 is 2.66 bits per heavy atom. The number of H-pyrrole nitrogens is 1. The second kappa shape index (κ2) is 8.27. The van der Waals surface area contributed by atoms with E-state index in [2.05, 4.69) is 9.88 Å². The van der Waals surface area contributed by atoms with Crippen LogP contribution in [0.25, 0.3) is 11.4 Å². The van der Waals surface area contributed by atoms with Crippen LogP contribution >= 0.6 is 11.6 Å². The molecule has 1 aromatic heterocycles. The zero-order valence-corrected chi connectivity index (χ0v) is 17.1. The molecule has 4 rings (SSSR count). The topological polar surface area (TPSA) is 67.5 Å². The van der Waals surface area contributed by atoms with E-state index < -0.39 is 0 Å². The molecule has 150 valence electrons. The molecule has 29 heavy (non-hydrogen) atoms. The Labute approximate surface area is 174 Å². The molecule has 6 nitrogen and oxygen atoms in total. The van der Waals surface area contributed by atoms with E-state index in [0.717, 1.165) is 40.4 Å². The molecule has 0 bridgehead atoms. The Morgan fingerprint density at radius 1 is 1.14 bits per heavy atom. The summed E-state index contributed by atoms with van der Waals surface area (Å²) in [5.74, 6) is 2.11. The summed E-state index contributed by atoms with van der Waals surface area (Å²) in [6, 6.07) is 13.1. The van der Waals surface area contributed by atoms with Gasteiger partial charge in [-0.25, -0.2) is 4.98 Å². The largest absolute Gasteiger partial charge is 0.497 e. The molecule has 0 saturated carbocycles. The van der Waals surface area contributed by atoms with Crippen LogP contribution in [0.2, 0.25) is 5.02 Å². The summed E-state index contributed by atoms with van der Waals surface area (Å²) >= 11 is 5.97. The molecule has 0 radical (unpaired) electrons. The summed E-state index contributed by atoms with van der Waals surface area (Å²) in [4.78, 5) is 22.5. The molecule has 0 atom stereocenters. The minimum absolute atomic E-state index is 0.0679. The molecule has 0 unspecified atom stereocenters. The number of methoxy groups -OCH3 is 2. The Balaban J connectivity index is 1.59. The van der Waals surface area contributed by atoms with Gasteiger partial charge in [0.15, 0.2) is 0 Å². The van der Waals surface area contributed by atoms with E-state index in [4.69, 9.17) is 26.1 Å². The fraction of sp³-hybridized carbons (Fsp3) is 0.273. The van der Waals surface area contributed by atoms with E-state index in [0.29, 0.717) is 30.4 Å². The first kappa shape index (κ1) is 19.5. The second-order valence-corrected chi connectivity index (χ2v) is 7.42. The van der Waals surface area contributed by atoms with Gasteiger partial charge in [0.25, 0.3) is 5.56 Å². The number of fused-ring (bicyclic) bond motifs is 1. The number of nitrogens with one attached hydrogen (secondary N) is 1. The lowest BCUT2D eigenvalue weighted by Gasteiger charge is -2.28. The summed E-state index contributed by atoms with van der Waals surface area (Å²) in [6.07, 6.45) is 0.664. The normalized spacial score (nSPS) is 13.8. The van der Waals surface area contributed by atoms with Gasteiger partial charge < -0.3 is 14.5 Å². The highest BCUT2D eigenvalue weighted by Gasteiger charge is 2.22. The van der Waals surface area contributed by atoms with Crippen LogP contribution in [0.3, 0.4) is 0 Å². The average molecular weight is 412 g/mol. The van der Waals surface area contributed by atoms with Gasteiger partial charge in [0.1, 0.15) is 17.3 Å². The van der Waals surface area contributed by atoms with Crippen LogP contribution in [0, 0.1) is 0 Å². The standard InChI is InChI=1S/C22H22ClN3O3/c1-28-17-8-5-15(20(11-17)29-2)12-26-10-9-18-19(13-26)24-21(25-22(18)27)14-3-6-16(23)7-4-14/h3-8,11H,9-10,12-13H2,1-2H3,(H,24,25,27). The molecule has 0 amide bonds. The Kier molecular flexibility index (Phi) is 5.56. The van der Waals surface area contributed by atoms with Crippen LogP contribution in [0.15, 0.2) is 47.3 Å². The van der Waals surface area contributed by atoms with Crippen molar-refractivity contribution in [1.29, 1.82) is 0 Å². The molecule has 0 saturated heterocycles. The summed E-state index contributed by atoms with van der Waals surface area (Å²) in [6.45, 7) is 2.10. The second-order valence-electron chi connectivity index (χ2n) is 6.99.